The van der Waals surface area contributed by atoms with Crippen LogP contribution in [0, 0.1) is 10.1 Å². The molecule has 0 saturated heterocycles. The van der Waals surface area contributed by atoms with Gasteiger partial charge in [-0.1, -0.05) is 23.2 Å². The molecule has 0 bridgehead atoms. The van der Waals surface area contributed by atoms with Crippen LogP contribution >= 0.6 is 23.2 Å². The third-order valence-electron chi connectivity index (χ3n) is 1.21. The molecule has 6 heteroatoms. The van der Waals surface area contributed by atoms with Crippen molar-refractivity contribution in [3.05, 3.63) is 34.1 Å². The summed E-state index contributed by atoms with van der Waals surface area (Å²) in [5.74, 6) is 0. The van der Waals surface area contributed by atoms with Crippen LogP contribution in [0.3, 0.4) is 0 Å². The van der Waals surface area contributed by atoms with E-state index in [1.807, 2.05) is 0 Å². The van der Waals surface area contributed by atoms with E-state index in [-0.39, 0.29) is 5.69 Å². The lowest BCUT2D eigenvalue weighted by molar-refractivity contribution is -0.385. The Hall–Kier alpha value is -0.870. The Bertz CT molecular complexity index is 286. The number of nitro groups is 1. The lowest BCUT2D eigenvalue weighted by atomic mass is 10.3. The van der Waals surface area contributed by atoms with Crippen LogP contribution in [0.4, 0.5) is 5.69 Å². The maximum atomic E-state index is 10.2. The third kappa shape index (κ3) is 2.06. The summed E-state index contributed by atoms with van der Waals surface area (Å²) in [5.41, 5.74) is 0.330. The molecule has 0 aromatic carbocycles. The topological polar surface area (TPSA) is 56.0 Å². The number of alkyl halides is 2. The van der Waals surface area contributed by atoms with Crippen LogP contribution in [0.15, 0.2) is 18.3 Å². The van der Waals surface area contributed by atoms with Crippen LogP contribution in [0.2, 0.25) is 0 Å². The fourth-order valence-corrected chi connectivity index (χ4v) is 0.893. The van der Waals surface area contributed by atoms with Gasteiger partial charge in [-0.05, 0) is 6.07 Å². The highest BCUT2D eigenvalue weighted by Gasteiger charge is 2.08. The van der Waals surface area contributed by atoms with Gasteiger partial charge >= 0.3 is 0 Å². The highest BCUT2D eigenvalue weighted by atomic mass is 35.5. The maximum Gasteiger partial charge on any atom is 0.287 e. The number of pyridine rings is 1. The molecule has 0 saturated carbocycles. The quantitative estimate of drug-likeness (QED) is 0.425. The van der Waals surface area contributed by atoms with Gasteiger partial charge in [0.1, 0.15) is 11.0 Å². The minimum absolute atomic E-state index is 0.0762. The minimum Gasteiger partial charge on any atom is -0.258 e. The zero-order chi connectivity index (χ0) is 9.14. The van der Waals surface area contributed by atoms with Crippen LogP contribution < -0.4 is 0 Å². The summed E-state index contributed by atoms with van der Waals surface area (Å²) in [5, 5.41) is 10.2. The first kappa shape index (κ1) is 9.22. The summed E-state index contributed by atoms with van der Waals surface area (Å²) in [7, 11) is 0. The molecule has 1 aromatic heterocycles. The Morgan fingerprint density at radius 3 is 2.50 bits per heavy atom. The van der Waals surface area contributed by atoms with E-state index in [1.54, 1.807) is 0 Å². The predicted molar refractivity (Wildman–Crippen MR) is 45.3 cm³/mol. The number of aromatic nitrogens is 1. The predicted octanol–water partition coefficient (Wildman–Crippen LogP) is 2.47. The highest BCUT2D eigenvalue weighted by Crippen LogP contribution is 2.23. The van der Waals surface area contributed by atoms with Crippen molar-refractivity contribution in [2.45, 2.75) is 4.84 Å². The molecule has 0 N–H and O–H groups in total. The van der Waals surface area contributed by atoms with Crippen molar-refractivity contribution in [1.82, 2.24) is 4.98 Å². The van der Waals surface area contributed by atoms with E-state index < -0.39 is 9.76 Å². The maximum absolute atomic E-state index is 10.2. The molecule has 0 fully saturated rings. The van der Waals surface area contributed by atoms with Gasteiger partial charge in [0.05, 0.1) is 10.6 Å². The molecule has 0 aliphatic heterocycles. The first-order valence-electron chi connectivity index (χ1n) is 3.00. The zero-order valence-corrected chi connectivity index (χ0v) is 7.29. The molecule has 4 nitrogen and oxygen atoms in total. The minimum atomic E-state index is -0.745. The van der Waals surface area contributed by atoms with E-state index in [1.165, 1.54) is 12.1 Å². The van der Waals surface area contributed by atoms with E-state index in [2.05, 4.69) is 4.98 Å². The first-order chi connectivity index (χ1) is 5.61. The number of rotatable bonds is 2. The van der Waals surface area contributed by atoms with Crippen LogP contribution in [0.5, 0.6) is 0 Å². The van der Waals surface area contributed by atoms with E-state index in [0.29, 0.717) is 5.69 Å². The van der Waals surface area contributed by atoms with Crippen molar-refractivity contribution < 1.29 is 4.92 Å². The molecule has 0 unspecified atom stereocenters. The second-order valence-corrected chi connectivity index (χ2v) is 3.10. The average molecular weight is 207 g/mol. The molecular weight excluding hydrogens is 203 g/mol. The van der Waals surface area contributed by atoms with Gasteiger partial charge in [0, 0.05) is 6.07 Å². The third-order valence-corrected chi connectivity index (χ3v) is 1.65. The number of nitrogens with zero attached hydrogens (tertiary/aromatic N) is 2. The van der Waals surface area contributed by atoms with Gasteiger partial charge in [-0.3, -0.25) is 15.1 Å². The normalized spacial score (nSPS) is 10.2. The SMILES string of the molecule is O=[N+]([O-])c1ccc(C(Cl)Cl)nc1. The number of hydrogen-bond acceptors (Lipinski definition) is 3. The highest BCUT2D eigenvalue weighted by molar-refractivity contribution is 6.43. The second kappa shape index (κ2) is 3.69. The van der Waals surface area contributed by atoms with Crippen molar-refractivity contribution in [3.63, 3.8) is 0 Å². The molecule has 0 aliphatic rings. The Morgan fingerprint density at radius 1 is 1.50 bits per heavy atom. The second-order valence-electron chi connectivity index (χ2n) is 2.00. The Kier molecular flexibility index (Phi) is 2.83. The summed E-state index contributed by atoms with van der Waals surface area (Å²) >= 11 is 10.9. The molecular formula is C6H4Cl2N2O2. The monoisotopic (exact) mass is 206 g/mol. The molecule has 1 aromatic rings. The summed E-state index contributed by atoms with van der Waals surface area (Å²) in [4.78, 5) is 12.6. The molecule has 0 radical (unpaired) electrons. The van der Waals surface area contributed by atoms with Crippen molar-refractivity contribution >= 4 is 28.9 Å². The Balaban J connectivity index is 2.93. The molecule has 64 valence electrons. The number of halogens is 2. The molecule has 0 aliphatic carbocycles. The standard InChI is InChI=1S/C6H4Cl2N2O2/c7-6(8)5-2-1-4(3-9-5)10(11)12/h1-3,6H. The average Bonchev–Trinajstić information content (AvgIpc) is 2.04. The van der Waals surface area contributed by atoms with Crippen LogP contribution in [-0.4, -0.2) is 9.91 Å². The van der Waals surface area contributed by atoms with E-state index in [9.17, 15) is 10.1 Å². The van der Waals surface area contributed by atoms with Crippen molar-refractivity contribution in [2.24, 2.45) is 0 Å². The lowest BCUT2D eigenvalue weighted by Crippen LogP contribution is -1.91. The van der Waals surface area contributed by atoms with Gasteiger partial charge in [-0.25, -0.2) is 0 Å². The van der Waals surface area contributed by atoms with Crippen LogP contribution in [-0.2, 0) is 0 Å². The molecule has 0 amide bonds. The first-order valence-corrected chi connectivity index (χ1v) is 3.87. The summed E-state index contributed by atoms with van der Waals surface area (Å²) in [6.45, 7) is 0. The van der Waals surface area contributed by atoms with Gasteiger partial charge in [0.15, 0.2) is 0 Å². The van der Waals surface area contributed by atoms with Gasteiger partial charge in [-0.15, -0.1) is 0 Å². The fourth-order valence-electron chi connectivity index (χ4n) is 0.635. The van der Waals surface area contributed by atoms with E-state index in [4.69, 9.17) is 23.2 Å². The zero-order valence-electron chi connectivity index (χ0n) is 5.78. The molecule has 1 heterocycles. The van der Waals surface area contributed by atoms with Crippen LogP contribution in [0.1, 0.15) is 10.5 Å². The van der Waals surface area contributed by atoms with Crippen molar-refractivity contribution in [1.29, 1.82) is 0 Å². The lowest BCUT2D eigenvalue weighted by Gasteiger charge is -1.97. The summed E-state index contributed by atoms with van der Waals surface area (Å²) < 4.78 is 0. The summed E-state index contributed by atoms with van der Waals surface area (Å²) in [6, 6.07) is 2.73. The van der Waals surface area contributed by atoms with Gasteiger partial charge < -0.3 is 0 Å². The van der Waals surface area contributed by atoms with Gasteiger partial charge in [-0.2, -0.15) is 0 Å². The van der Waals surface area contributed by atoms with Gasteiger partial charge in [0.2, 0.25) is 0 Å². The largest absolute Gasteiger partial charge is 0.287 e. The van der Waals surface area contributed by atoms with Gasteiger partial charge in [0.25, 0.3) is 5.69 Å². The fraction of sp³-hybridized carbons (Fsp3) is 0.167. The molecule has 0 spiro atoms. The number of hydrogen-bond donors (Lipinski definition) is 0. The molecule has 1 rings (SSSR count). The summed E-state index contributed by atoms with van der Waals surface area (Å²) in [6.07, 6.45) is 1.12. The van der Waals surface area contributed by atoms with Crippen molar-refractivity contribution in [3.8, 4) is 0 Å². The smallest absolute Gasteiger partial charge is 0.258 e. The Morgan fingerprint density at radius 2 is 2.17 bits per heavy atom. The van der Waals surface area contributed by atoms with E-state index in [0.717, 1.165) is 6.20 Å². The van der Waals surface area contributed by atoms with Crippen LogP contribution in [0.25, 0.3) is 0 Å². The van der Waals surface area contributed by atoms with E-state index >= 15 is 0 Å². The molecule has 12 heavy (non-hydrogen) atoms. The molecule has 0 atom stereocenters. The Labute approximate surface area is 78.3 Å². The van der Waals surface area contributed by atoms with Crippen molar-refractivity contribution in [2.75, 3.05) is 0 Å².